The van der Waals surface area contributed by atoms with Gasteiger partial charge in [0.05, 0.1) is 0 Å². The molecule has 0 radical (unpaired) electrons. The average molecular weight is 417 g/mol. The van der Waals surface area contributed by atoms with Crippen LogP contribution in [0.25, 0.3) is 10.3 Å². The number of ether oxygens (including phenoxy) is 1. The molecule has 3 aromatic rings. The van der Waals surface area contributed by atoms with Gasteiger partial charge in [0.15, 0.2) is 5.13 Å². The molecule has 1 amide bonds. The van der Waals surface area contributed by atoms with Gasteiger partial charge in [-0.05, 0) is 30.7 Å². The van der Waals surface area contributed by atoms with Crippen LogP contribution < -0.4 is 15.4 Å². The molecule has 0 saturated carbocycles. The molecule has 0 aliphatic carbocycles. The highest BCUT2D eigenvalue weighted by Crippen LogP contribution is 2.30. The zero-order chi connectivity index (χ0) is 21.5. The third kappa shape index (κ3) is 5.13. The van der Waals surface area contributed by atoms with Crippen molar-refractivity contribution in [3.63, 3.8) is 0 Å². The summed E-state index contributed by atoms with van der Waals surface area (Å²) in [4.78, 5) is 21.8. The molecule has 0 saturated heterocycles. The van der Waals surface area contributed by atoms with Gasteiger partial charge in [0.2, 0.25) is 5.88 Å². The molecule has 1 aromatic carbocycles. The van der Waals surface area contributed by atoms with Crippen LogP contribution in [0.2, 0.25) is 0 Å². The van der Waals surface area contributed by atoms with Gasteiger partial charge in [0, 0.05) is 36.4 Å². The van der Waals surface area contributed by atoms with Crippen LogP contribution in [0.15, 0.2) is 67.3 Å². The molecule has 0 spiro atoms. The van der Waals surface area contributed by atoms with Gasteiger partial charge in [-0.25, -0.2) is 9.97 Å². The van der Waals surface area contributed by atoms with E-state index < -0.39 is 5.91 Å². The maximum atomic E-state index is 12.1. The largest absolute Gasteiger partial charge is 0.439 e. The number of carbonyl (C=O) groups is 1. The first-order chi connectivity index (χ1) is 14.5. The lowest BCUT2D eigenvalue weighted by atomic mass is 10.2. The Morgan fingerprint density at radius 3 is 2.77 bits per heavy atom. The van der Waals surface area contributed by atoms with E-state index in [1.54, 1.807) is 36.4 Å². The second-order valence-electron chi connectivity index (χ2n) is 6.09. The van der Waals surface area contributed by atoms with Crippen LogP contribution in [-0.2, 0) is 4.79 Å². The molecule has 0 atom stereocenters. The SMILES string of the molecule is C=C/C=C(/C#CC(=O)Nc1ccc(C)c(Oc2ccc3nc(NC)sc3n2)c1)C=C. The van der Waals surface area contributed by atoms with Gasteiger partial charge >= 0.3 is 5.91 Å². The highest BCUT2D eigenvalue weighted by Gasteiger charge is 2.09. The van der Waals surface area contributed by atoms with Crippen molar-refractivity contribution in [3.8, 4) is 23.5 Å². The van der Waals surface area contributed by atoms with Crippen molar-refractivity contribution >= 4 is 38.4 Å². The number of benzene rings is 1. The zero-order valence-electron chi connectivity index (χ0n) is 16.7. The fourth-order valence-electron chi connectivity index (χ4n) is 2.44. The van der Waals surface area contributed by atoms with E-state index in [-0.39, 0.29) is 0 Å². The van der Waals surface area contributed by atoms with Crippen molar-refractivity contribution in [2.24, 2.45) is 0 Å². The minimum atomic E-state index is -0.439. The van der Waals surface area contributed by atoms with E-state index in [1.165, 1.54) is 11.3 Å². The zero-order valence-corrected chi connectivity index (χ0v) is 17.5. The highest BCUT2D eigenvalue weighted by atomic mass is 32.1. The molecule has 0 unspecified atom stereocenters. The van der Waals surface area contributed by atoms with E-state index in [9.17, 15) is 4.79 Å². The molecular weight excluding hydrogens is 396 g/mol. The molecule has 2 N–H and O–H groups in total. The molecule has 6 nitrogen and oxygen atoms in total. The lowest BCUT2D eigenvalue weighted by Crippen LogP contribution is -2.08. The molecule has 3 rings (SSSR count). The van der Waals surface area contributed by atoms with E-state index in [4.69, 9.17) is 4.74 Å². The van der Waals surface area contributed by atoms with Gasteiger partial charge in [0.25, 0.3) is 0 Å². The van der Waals surface area contributed by atoms with Crippen LogP contribution in [0.4, 0.5) is 10.8 Å². The fourth-order valence-corrected chi connectivity index (χ4v) is 3.23. The first kappa shape index (κ1) is 20.8. The third-order valence-corrected chi connectivity index (χ3v) is 4.92. The van der Waals surface area contributed by atoms with Crippen LogP contribution in [-0.4, -0.2) is 22.9 Å². The quantitative estimate of drug-likeness (QED) is 0.433. The number of fused-ring (bicyclic) bond motifs is 1. The maximum Gasteiger partial charge on any atom is 0.300 e. The summed E-state index contributed by atoms with van der Waals surface area (Å²) in [5.41, 5.74) is 2.89. The summed E-state index contributed by atoms with van der Waals surface area (Å²) >= 11 is 1.45. The Bertz CT molecular complexity index is 1210. The lowest BCUT2D eigenvalue weighted by Gasteiger charge is -2.10. The smallest absolute Gasteiger partial charge is 0.300 e. The van der Waals surface area contributed by atoms with Crippen LogP contribution in [0.3, 0.4) is 0 Å². The van der Waals surface area contributed by atoms with Gasteiger partial charge in [-0.15, -0.1) is 0 Å². The number of rotatable bonds is 6. The Kier molecular flexibility index (Phi) is 6.63. The summed E-state index contributed by atoms with van der Waals surface area (Å²) < 4.78 is 5.96. The summed E-state index contributed by atoms with van der Waals surface area (Å²) in [6.07, 6.45) is 4.83. The summed E-state index contributed by atoms with van der Waals surface area (Å²) in [5.74, 6) is 5.86. The number of nitrogens with one attached hydrogen (secondary N) is 2. The Hall–Kier alpha value is -3.89. The number of hydrogen-bond donors (Lipinski definition) is 2. The summed E-state index contributed by atoms with van der Waals surface area (Å²) in [6.45, 7) is 9.17. The number of aryl methyl sites for hydroxylation is 1. The predicted molar refractivity (Wildman–Crippen MR) is 123 cm³/mol. The molecule has 0 aliphatic rings. The Morgan fingerprint density at radius 2 is 2.03 bits per heavy atom. The average Bonchev–Trinajstić information content (AvgIpc) is 3.16. The van der Waals surface area contributed by atoms with Gasteiger partial charge in [-0.3, -0.25) is 4.79 Å². The molecular formula is C23H20N4O2S. The van der Waals surface area contributed by atoms with Crippen molar-refractivity contribution < 1.29 is 9.53 Å². The van der Waals surface area contributed by atoms with Crippen molar-refractivity contribution in [3.05, 3.63) is 72.9 Å². The number of carbonyl (C=O) groups excluding carboxylic acids is 1. The van der Waals surface area contributed by atoms with Gasteiger partial charge in [-0.1, -0.05) is 48.6 Å². The Labute approximate surface area is 179 Å². The number of nitrogens with zero attached hydrogens (tertiary/aromatic N) is 2. The molecule has 150 valence electrons. The third-order valence-electron chi connectivity index (χ3n) is 3.94. The van der Waals surface area contributed by atoms with Crippen molar-refractivity contribution in [1.29, 1.82) is 0 Å². The highest BCUT2D eigenvalue weighted by molar-refractivity contribution is 7.21. The number of aromatic nitrogens is 2. The Morgan fingerprint density at radius 1 is 1.20 bits per heavy atom. The number of thiazole rings is 1. The standard InChI is InChI=1S/C23H20N4O2S/c1-5-7-16(6-2)9-12-20(28)25-17-10-8-15(3)19(14-17)29-21-13-11-18-22(27-21)30-23(24-4)26-18/h5-8,10-11,13-14H,1-2H2,3-4H3,(H,24,26)(H,25,28)/b16-7+. The Balaban J connectivity index is 1.77. The van der Waals surface area contributed by atoms with Gasteiger partial charge in [0.1, 0.15) is 16.1 Å². The monoisotopic (exact) mass is 416 g/mol. The minimum absolute atomic E-state index is 0.439. The van der Waals surface area contributed by atoms with E-state index in [2.05, 4.69) is 45.6 Å². The number of anilines is 2. The molecule has 0 fully saturated rings. The first-order valence-electron chi connectivity index (χ1n) is 9.04. The maximum absolute atomic E-state index is 12.1. The van der Waals surface area contributed by atoms with Crippen molar-refractivity contribution in [1.82, 2.24) is 9.97 Å². The number of hydrogen-bond acceptors (Lipinski definition) is 6. The van der Waals surface area contributed by atoms with Crippen molar-refractivity contribution in [2.75, 3.05) is 17.7 Å². The molecule has 0 bridgehead atoms. The van der Waals surface area contributed by atoms with E-state index in [1.807, 2.05) is 26.1 Å². The molecule has 2 aromatic heterocycles. The van der Waals surface area contributed by atoms with Crippen LogP contribution in [0.1, 0.15) is 5.56 Å². The fraction of sp³-hybridized carbons (Fsp3) is 0.0870. The number of allylic oxidation sites excluding steroid dienone is 4. The predicted octanol–water partition coefficient (Wildman–Crippen LogP) is 5.07. The van der Waals surface area contributed by atoms with Gasteiger partial charge < -0.3 is 15.4 Å². The van der Waals surface area contributed by atoms with Crippen molar-refractivity contribution in [2.45, 2.75) is 6.92 Å². The summed E-state index contributed by atoms with van der Waals surface area (Å²) in [7, 11) is 1.82. The minimum Gasteiger partial charge on any atom is -0.439 e. The number of pyridine rings is 1. The summed E-state index contributed by atoms with van der Waals surface area (Å²) in [6, 6.07) is 9.00. The normalized spacial score (nSPS) is 10.7. The second kappa shape index (κ2) is 9.54. The van der Waals surface area contributed by atoms with Crippen LogP contribution in [0.5, 0.6) is 11.6 Å². The van der Waals surface area contributed by atoms with E-state index in [0.717, 1.165) is 21.0 Å². The van der Waals surface area contributed by atoms with E-state index in [0.29, 0.717) is 22.9 Å². The molecule has 7 heteroatoms. The molecule has 0 aliphatic heterocycles. The lowest BCUT2D eigenvalue weighted by molar-refractivity contribution is -0.111. The number of amides is 1. The topological polar surface area (TPSA) is 76.1 Å². The first-order valence-corrected chi connectivity index (χ1v) is 9.86. The molecule has 2 heterocycles. The van der Waals surface area contributed by atoms with Gasteiger partial charge in [-0.2, -0.15) is 0 Å². The van der Waals surface area contributed by atoms with E-state index >= 15 is 0 Å². The molecule has 30 heavy (non-hydrogen) atoms. The van der Waals surface area contributed by atoms with Crippen LogP contribution >= 0.6 is 11.3 Å². The summed E-state index contributed by atoms with van der Waals surface area (Å²) in [5, 5.41) is 6.54. The van der Waals surface area contributed by atoms with Crippen LogP contribution in [0, 0.1) is 18.8 Å². The second-order valence-corrected chi connectivity index (χ2v) is 7.07.